The molecule has 1 aliphatic heterocycles. The Labute approximate surface area is 235 Å². The van der Waals surface area contributed by atoms with Crippen LogP contribution in [-0.4, -0.2) is 36.3 Å². The van der Waals surface area contributed by atoms with Crippen LogP contribution in [0.25, 0.3) is 11.1 Å². The minimum atomic E-state index is -0.590. The summed E-state index contributed by atoms with van der Waals surface area (Å²) in [6.07, 6.45) is 1.04. The van der Waals surface area contributed by atoms with Crippen molar-refractivity contribution in [2.75, 3.05) is 19.7 Å². The molecule has 0 aromatic heterocycles. The number of hydrogen-bond acceptors (Lipinski definition) is 5. The fraction of sp³-hybridized carbons (Fsp3) is 0.364. The van der Waals surface area contributed by atoms with E-state index in [-0.39, 0.29) is 11.5 Å². The molecule has 0 radical (unpaired) electrons. The molecule has 206 valence electrons. The zero-order valence-electron chi connectivity index (χ0n) is 23.2. The third-order valence-corrected chi connectivity index (χ3v) is 7.20. The average molecular weight is 540 g/mol. The van der Waals surface area contributed by atoms with E-state index in [4.69, 9.17) is 14.7 Å². The number of piperidine rings is 1. The highest BCUT2D eigenvalue weighted by Gasteiger charge is 2.39. The lowest BCUT2D eigenvalue weighted by Crippen LogP contribution is -2.48. The predicted octanol–water partition coefficient (Wildman–Crippen LogP) is 7.05. The summed E-state index contributed by atoms with van der Waals surface area (Å²) in [5.74, 6) is 0. The van der Waals surface area contributed by atoms with Gasteiger partial charge < -0.3 is 14.4 Å². The maximum Gasteiger partial charge on any atom is 0.410 e. The van der Waals surface area contributed by atoms with E-state index in [1.807, 2.05) is 75.4 Å². The second-order valence-corrected chi connectivity index (χ2v) is 11.3. The van der Waals surface area contributed by atoms with Crippen molar-refractivity contribution < 1.29 is 18.7 Å². The van der Waals surface area contributed by atoms with Gasteiger partial charge in [-0.15, -0.1) is 0 Å². The average Bonchev–Trinajstić information content (AvgIpc) is 2.96. The van der Waals surface area contributed by atoms with Crippen LogP contribution in [0.15, 0.2) is 66.7 Å². The summed E-state index contributed by atoms with van der Waals surface area (Å²) in [5, 5.41) is 18.3. The molecule has 1 saturated heterocycles. The van der Waals surface area contributed by atoms with Crippen molar-refractivity contribution in [1.82, 2.24) is 4.90 Å². The summed E-state index contributed by atoms with van der Waals surface area (Å²) < 4.78 is 25.6. The molecule has 40 heavy (non-hydrogen) atoms. The summed E-state index contributed by atoms with van der Waals surface area (Å²) in [6, 6.07) is 24.7. The van der Waals surface area contributed by atoms with Crippen molar-refractivity contribution >= 4 is 6.09 Å². The highest BCUT2D eigenvalue weighted by molar-refractivity contribution is 5.68. The number of ether oxygens (including phenoxy) is 2. The van der Waals surface area contributed by atoms with Crippen molar-refractivity contribution in [2.45, 2.75) is 57.9 Å². The van der Waals surface area contributed by atoms with Crippen LogP contribution in [0, 0.1) is 22.7 Å². The molecule has 1 aliphatic rings. The molecule has 4 rings (SSSR count). The van der Waals surface area contributed by atoms with Crippen LogP contribution in [0.5, 0.6) is 0 Å². The van der Waals surface area contributed by atoms with Crippen molar-refractivity contribution in [3.05, 3.63) is 94.5 Å². The summed E-state index contributed by atoms with van der Waals surface area (Å²) in [7, 11) is 0. The summed E-state index contributed by atoms with van der Waals surface area (Å²) in [6.45, 7) is 6.74. The smallest absolute Gasteiger partial charge is 0.410 e. The number of nitriles is 2. The Morgan fingerprint density at radius 1 is 0.900 bits per heavy atom. The van der Waals surface area contributed by atoms with Crippen LogP contribution in [0.1, 0.15) is 61.4 Å². The number of carbonyl (C=O) groups is 1. The van der Waals surface area contributed by atoms with E-state index in [1.165, 1.54) is 0 Å². The van der Waals surface area contributed by atoms with E-state index in [2.05, 4.69) is 12.1 Å². The monoisotopic (exact) mass is 539 g/mol. The number of amides is 1. The third-order valence-electron chi connectivity index (χ3n) is 7.20. The summed E-state index contributed by atoms with van der Waals surface area (Å²) in [4.78, 5) is 14.4. The molecule has 0 spiro atoms. The van der Waals surface area contributed by atoms with Crippen LogP contribution in [0.4, 0.5) is 9.18 Å². The number of rotatable bonds is 7. The van der Waals surface area contributed by atoms with Gasteiger partial charge in [-0.3, -0.25) is 0 Å². The van der Waals surface area contributed by atoms with Gasteiger partial charge in [-0.05, 0) is 97.8 Å². The lowest BCUT2D eigenvalue weighted by Gasteiger charge is -2.42. The minimum absolute atomic E-state index is 0.297. The Morgan fingerprint density at radius 2 is 1.48 bits per heavy atom. The fourth-order valence-electron chi connectivity index (χ4n) is 5.05. The van der Waals surface area contributed by atoms with Gasteiger partial charge >= 0.3 is 6.09 Å². The molecule has 1 fully saturated rings. The van der Waals surface area contributed by atoms with E-state index < -0.39 is 12.3 Å². The first-order chi connectivity index (χ1) is 19.1. The Balaban J connectivity index is 1.51. The van der Waals surface area contributed by atoms with Gasteiger partial charge in [-0.25, -0.2) is 9.18 Å². The molecule has 1 heterocycles. The SMILES string of the molecule is CC(C)(C)OC(=O)N1CCC(COCc2cc(CF)cc(-c3ccc(C#N)cc3)c2)(c2ccc(C#N)cc2)CC1. The van der Waals surface area contributed by atoms with Crippen LogP contribution < -0.4 is 0 Å². The van der Waals surface area contributed by atoms with Crippen LogP contribution >= 0.6 is 0 Å². The van der Waals surface area contributed by atoms with Gasteiger partial charge in [-0.2, -0.15) is 10.5 Å². The minimum Gasteiger partial charge on any atom is -0.444 e. The van der Waals surface area contributed by atoms with E-state index in [1.54, 1.807) is 17.0 Å². The standard InChI is InChI=1S/C33H34FN3O3/c1-32(2,3)40-31(38)37-14-12-33(13-15-37,30-10-6-25(21-36)7-11-30)23-39-22-27-16-26(19-34)17-29(18-27)28-8-4-24(20-35)5-9-28/h4-11,16-18H,12-15,19,22-23H2,1-3H3. The molecular formula is C33H34FN3O3. The molecule has 0 aliphatic carbocycles. The molecule has 0 bridgehead atoms. The lowest BCUT2D eigenvalue weighted by atomic mass is 9.73. The molecule has 6 nitrogen and oxygen atoms in total. The highest BCUT2D eigenvalue weighted by Crippen LogP contribution is 2.37. The largest absolute Gasteiger partial charge is 0.444 e. The Hall–Kier alpha value is -4.20. The number of carbonyl (C=O) groups excluding carboxylic acids is 1. The first-order valence-corrected chi connectivity index (χ1v) is 13.4. The van der Waals surface area contributed by atoms with Crippen LogP contribution in [0.2, 0.25) is 0 Å². The van der Waals surface area contributed by atoms with Gasteiger partial charge in [-0.1, -0.05) is 30.3 Å². The second kappa shape index (κ2) is 12.3. The first-order valence-electron chi connectivity index (χ1n) is 13.4. The molecule has 0 atom stereocenters. The molecule has 0 saturated carbocycles. The van der Waals surface area contributed by atoms with Gasteiger partial charge in [0.2, 0.25) is 0 Å². The lowest BCUT2D eigenvalue weighted by molar-refractivity contribution is 0.00333. The zero-order valence-corrected chi connectivity index (χ0v) is 23.2. The topological polar surface area (TPSA) is 86.3 Å². The number of nitrogens with zero attached hydrogens (tertiary/aromatic N) is 3. The van der Waals surface area contributed by atoms with E-state index in [0.29, 0.717) is 55.8 Å². The van der Waals surface area contributed by atoms with E-state index >= 15 is 0 Å². The first kappa shape index (κ1) is 28.8. The van der Waals surface area contributed by atoms with Gasteiger partial charge in [0.15, 0.2) is 0 Å². The van der Waals surface area contributed by atoms with E-state index in [0.717, 1.165) is 22.3 Å². The molecule has 7 heteroatoms. The normalized spacial score (nSPS) is 14.7. The Kier molecular flexibility index (Phi) is 8.87. The van der Waals surface area contributed by atoms with Crippen molar-refractivity contribution in [2.24, 2.45) is 0 Å². The summed E-state index contributed by atoms with van der Waals surface area (Å²) in [5.41, 5.74) is 4.50. The molecule has 1 amide bonds. The third kappa shape index (κ3) is 7.05. The number of halogens is 1. The van der Waals surface area contributed by atoms with Gasteiger partial charge in [0.1, 0.15) is 12.3 Å². The van der Waals surface area contributed by atoms with Crippen molar-refractivity contribution in [3.8, 4) is 23.3 Å². The Bertz CT molecular complexity index is 1410. The maximum absolute atomic E-state index is 13.7. The zero-order chi connectivity index (χ0) is 28.8. The number of likely N-dealkylation sites (tertiary alicyclic amines) is 1. The van der Waals surface area contributed by atoms with Gasteiger partial charge in [0.25, 0.3) is 0 Å². The number of alkyl halides is 1. The van der Waals surface area contributed by atoms with Crippen molar-refractivity contribution in [1.29, 1.82) is 10.5 Å². The number of benzene rings is 3. The molecule has 3 aromatic rings. The second-order valence-electron chi connectivity index (χ2n) is 11.3. The fourth-order valence-corrected chi connectivity index (χ4v) is 5.05. The molecular weight excluding hydrogens is 505 g/mol. The molecule has 0 N–H and O–H groups in total. The van der Waals surface area contributed by atoms with Gasteiger partial charge in [0.05, 0.1) is 36.5 Å². The maximum atomic E-state index is 13.7. The summed E-state index contributed by atoms with van der Waals surface area (Å²) >= 11 is 0. The predicted molar refractivity (Wildman–Crippen MR) is 151 cm³/mol. The molecule has 3 aromatic carbocycles. The van der Waals surface area contributed by atoms with E-state index in [9.17, 15) is 14.4 Å². The Morgan fingerprint density at radius 3 is 2.02 bits per heavy atom. The van der Waals surface area contributed by atoms with Crippen molar-refractivity contribution in [3.63, 3.8) is 0 Å². The molecule has 0 unspecified atom stereocenters. The van der Waals surface area contributed by atoms with Crippen LogP contribution in [-0.2, 0) is 28.2 Å². The highest BCUT2D eigenvalue weighted by atomic mass is 19.1. The quantitative estimate of drug-likeness (QED) is 0.321. The van der Waals surface area contributed by atoms with Crippen LogP contribution in [0.3, 0.4) is 0 Å². The number of hydrogen-bond donors (Lipinski definition) is 0. The van der Waals surface area contributed by atoms with Gasteiger partial charge in [0, 0.05) is 18.5 Å².